The summed E-state index contributed by atoms with van der Waals surface area (Å²) in [5.41, 5.74) is 7.94. The van der Waals surface area contributed by atoms with Crippen LogP contribution in [0.3, 0.4) is 0 Å². The van der Waals surface area contributed by atoms with Crippen molar-refractivity contribution in [3.63, 3.8) is 0 Å². The molecular formula is C13H18N2O2. The van der Waals surface area contributed by atoms with Crippen molar-refractivity contribution in [2.24, 2.45) is 0 Å². The fourth-order valence-electron chi connectivity index (χ4n) is 2.27. The second-order valence-electron chi connectivity index (χ2n) is 4.85. The van der Waals surface area contributed by atoms with E-state index >= 15 is 0 Å². The van der Waals surface area contributed by atoms with E-state index in [0.29, 0.717) is 18.8 Å². The Morgan fingerprint density at radius 2 is 2.12 bits per heavy atom. The van der Waals surface area contributed by atoms with Crippen molar-refractivity contribution in [2.45, 2.75) is 19.3 Å². The van der Waals surface area contributed by atoms with Crippen molar-refractivity contribution in [1.82, 2.24) is 0 Å². The normalized spacial score (nSPS) is 17.4. The minimum absolute atomic E-state index is 0.107. The summed E-state index contributed by atoms with van der Waals surface area (Å²) in [5, 5.41) is 0. The van der Waals surface area contributed by atoms with Crippen LogP contribution in [0.4, 0.5) is 11.4 Å². The van der Waals surface area contributed by atoms with E-state index in [2.05, 4.69) is 0 Å². The summed E-state index contributed by atoms with van der Waals surface area (Å²) in [6.07, 6.45) is 0. The number of hydrogen-bond donors (Lipinski definition) is 1. The van der Waals surface area contributed by atoms with Crippen LogP contribution in [-0.2, 0) is 14.9 Å². The smallest absolute Gasteiger partial charge is 0.237 e. The molecule has 0 bridgehead atoms. The Hall–Kier alpha value is -1.55. The lowest BCUT2D eigenvalue weighted by molar-refractivity contribution is -0.122. The summed E-state index contributed by atoms with van der Waals surface area (Å²) >= 11 is 0. The molecule has 0 saturated carbocycles. The Morgan fingerprint density at radius 3 is 2.76 bits per heavy atom. The van der Waals surface area contributed by atoms with Gasteiger partial charge in [0.2, 0.25) is 5.91 Å². The Kier molecular flexibility index (Phi) is 2.83. The lowest BCUT2D eigenvalue weighted by atomic mass is 9.86. The summed E-state index contributed by atoms with van der Waals surface area (Å²) in [6, 6.07) is 5.64. The molecule has 0 spiro atoms. The third-order valence-electron chi connectivity index (χ3n) is 3.28. The van der Waals surface area contributed by atoms with Crippen LogP contribution in [0.2, 0.25) is 0 Å². The molecule has 0 unspecified atom stereocenters. The molecule has 1 heterocycles. The van der Waals surface area contributed by atoms with Crippen LogP contribution < -0.4 is 10.6 Å². The van der Waals surface area contributed by atoms with Crippen molar-refractivity contribution in [2.75, 3.05) is 30.9 Å². The highest BCUT2D eigenvalue weighted by Crippen LogP contribution is 2.42. The van der Waals surface area contributed by atoms with E-state index in [0.717, 1.165) is 11.3 Å². The second kappa shape index (κ2) is 4.04. The zero-order valence-electron chi connectivity index (χ0n) is 10.5. The predicted octanol–water partition coefficient (Wildman–Crippen LogP) is 1.54. The Morgan fingerprint density at radius 1 is 1.41 bits per heavy atom. The highest BCUT2D eigenvalue weighted by molar-refractivity contribution is 6.08. The molecule has 0 radical (unpaired) electrons. The number of carbonyl (C=O) groups excluding carboxylic acids is 1. The molecule has 1 aliphatic heterocycles. The van der Waals surface area contributed by atoms with Gasteiger partial charge >= 0.3 is 0 Å². The molecule has 92 valence electrons. The van der Waals surface area contributed by atoms with E-state index in [4.69, 9.17) is 10.5 Å². The van der Waals surface area contributed by atoms with E-state index in [1.165, 1.54) is 0 Å². The molecule has 0 aliphatic carbocycles. The second-order valence-corrected chi connectivity index (χ2v) is 4.85. The fourth-order valence-corrected chi connectivity index (χ4v) is 2.27. The number of amides is 1. The number of nitrogens with two attached hydrogens (primary N) is 1. The van der Waals surface area contributed by atoms with Crippen LogP contribution in [0, 0.1) is 0 Å². The number of ether oxygens (including phenoxy) is 1. The molecule has 2 rings (SSSR count). The van der Waals surface area contributed by atoms with Crippen LogP contribution in [-0.4, -0.2) is 26.2 Å². The SMILES string of the molecule is COCCN1C(=O)C(C)(C)c2ccc(N)cc21. The topological polar surface area (TPSA) is 55.6 Å². The van der Waals surface area contributed by atoms with Gasteiger partial charge in [-0.2, -0.15) is 0 Å². The number of rotatable bonds is 3. The van der Waals surface area contributed by atoms with Gasteiger partial charge in [0.15, 0.2) is 0 Å². The number of methoxy groups -OCH3 is 1. The Bertz CT molecular complexity index is 455. The van der Waals surface area contributed by atoms with Crippen molar-refractivity contribution in [3.8, 4) is 0 Å². The maximum atomic E-state index is 12.3. The summed E-state index contributed by atoms with van der Waals surface area (Å²) < 4.78 is 5.04. The van der Waals surface area contributed by atoms with E-state index in [1.54, 1.807) is 12.0 Å². The van der Waals surface area contributed by atoms with Gasteiger partial charge < -0.3 is 15.4 Å². The highest BCUT2D eigenvalue weighted by Gasteiger charge is 2.43. The quantitative estimate of drug-likeness (QED) is 0.807. The summed E-state index contributed by atoms with van der Waals surface area (Å²) in [5.74, 6) is 0.107. The fraction of sp³-hybridized carbons (Fsp3) is 0.462. The van der Waals surface area contributed by atoms with Crippen LogP contribution in [0.15, 0.2) is 18.2 Å². The van der Waals surface area contributed by atoms with Gasteiger partial charge in [-0.25, -0.2) is 0 Å². The molecule has 0 aromatic heterocycles. The van der Waals surface area contributed by atoms with Gasteiger partial charge in [-0.1, -0.05) is 6.07 Å². The predicted molar refractivity (Wildman–Crippen MR) is 68.1 cm³/mol. The molecule has 0 atom stereocenters. The first-order valence-corrected chi connectivity index (χ1v) is 5.69. The number of nitrogens with zero attached hydrogens (tertiary/aromatic N) is 1. The van der Waals surface area contributed by atoms with Gasteiger partial charge in [0.05, 0.1) is 17.7 Å². The lowest BCUT2D eigenvalue weighted by Gasteiger charge is -2.19. The molecule has 4 heteroatoms. The monoisotopic (exact) mass is 234 g/mol. The van der Waals surface area contributed by atoms with Gasteiger partial charge in [-0.3, -0.25) is 4.79 Å². The van der Waals surface area contributed by atoms with Crippen LogP contribution in [0.5, 0.6) is 0 Å². The lowest BCUT2D eigenvalue weighted by Crippen LogP contribution is -2.37. The van der Waals surface area contributed by atoms with Crippen molar-refractivity contribution in [3.05, 3.63) is 23.8 Å². The van der Waals surface area contributed by atoms with Gasteiger partial charge in [-0.15, -0.1) is 0 Å². The minimum Gasteiger partial charge on any atom is -0.399 e. The molecule has 17 heavy (non-hydrogen) atoms. The summed E-state index contributed by atoms with van der Waals surface area (Å²) in [4.78, 5) is 14.1. The average molecular weight is 234 g/mol. The van der Waals surface area contributed by atoms with E-state index in [1.807, 2.05) is 32.0 Å². The molecule has 2 N–H and O–H groups in total. The Labute approximate surface area is 101 Å². The number of benzene rings is 1. The van der Waals surface area contributed by atoms with Gasteiger partial charge in [-0.05, 0) is 31.5 Å². The first kappa shape index (κ1) is 11.9. The molecule has 0 saturated heterocycles. The first-order chi connectivity index (χ1) is 7.98. The van der Waals surface area contributed by atoms with E-state index in [9.17, 15) is 4.79 Å². The molecule has 1 aliphatic rings. The molecular weight excluding hydrogens is 216 g/mol. The average Bonchev–Trinajstić information content (AvgIpc) is 2.45. The summed E-state index contributed by atoms with van der Waals surface area (Å²) in [7, 11) is 1.63. The van der Waals surface area contributed by atoms with Crippen LogP contribution in [0.25, 0.3) is 0 Å². The first-order valence-electron chi connectivity index (χ1n) is 5.69. The summed E-state index contributed by atoms with van der Waals surface area (Å²) in [6.45, 7) is 4.97. The number of carbonyl (C=O) groups is 1. The van der Waals surface area contributed by atoms with Crippen molar-refractivity contribution < 1.29 is 9.53 Å². The zero-order chi connectivity index (χ0) is 12.6. The third kappa shape index (κ3) is 1.78. The Balaban J connectivity index is 2.45. The maximum absolute atomic E-state index is 12.3. The minimum atomic E-state index is -0.475. The zero-order valence-corrected chi connectivity index (χ0v) is 10.5. The van der Waals surface area contributed by atoms with E-state index < -0.39 is 5.41 Å². The number of anilines is 2. The molecule has 1 aromatic rings. The van der Waals surface area contributed by atoms with Crippen LogP contribution in [0.1, 0.15) is 19.4 Å². The van der Waals surface area contributed by atoms with Crippen LogP contribution >= 0.6 is 0 Å². The molecule has 1 aromatic carbocycles. The van der Waals surface area contributed by atoms with Gasteiger partial charge in [0.1, 0.15) is 0 Å². The van der Waals surface area contributed by atoms with E-state index in [-0.39, 0.29) is 5.91 Å². The van der Waals surface area contributed by atoms with Crippen molar-refractivity contribution >= 4 is 17.3 Å². The van der Waals surface area contributed by atoms with Crippen molar-refractivity contribution in [1.29, 1.82) is 0 Å². The number of nitrogen functional groups attached to an aromatic ring is 1. The molecule has 4 nitrogen and oxygen atoms in total. The number of hydrogen-bond acceptors (Lipinski definition) is 3. The number of fused-ring (bicyclic) bond motifs is 1. The standard InChI is InChI=1S/C13H18N2O2/c1-13(2)10-5-4-9(14)8-11(10)15(12(13)16)6-7-17-3/h4-5,8H,6-7,14H2,1-3H3. The molecule has 0 fully saturated rings. The third-order valence-corrected chi connectivity index (χ3v) is 3.28. The largest absolute Gasteiger partial charge is 0.399 e. The van der Waals surface area contributed by atoms with Gasteiger partial charge in [0, 0.05) is 19.3 Å². The highest BCUT2D eigenvalue weighted by atomic mass is 16.5. The maximum Gasteiger partial charge on any atom is 0.237 e. The molecule has 1 amide bonds. The van der Waals surface area contributed by atoms with Gasteiger partial charge in [0.25, 0.3) is 0 Å².